The first-order valence-corrected chi connectivity index (χ1v) is 9.47. The number of nitrogens with two attached hydrogens (primary N) is 1. The third kappa shape index (κ3) is 5.78. The zero-order valence-electron chi connectivity index (χ0n) is 16.1. The number of rotatable bonds is 1. The Morgan fingerprint density at radius 1 is 0.586 bits per heavy atom. The summed E-state index contributed by atoms with van der Waals surface area (Å²) in [5.74, 6) is -0.460. The second-order valence-corrected chi connectivity index (χ2v) is 6.40. The highest BCUT2D eigenvalue weighted by Crippen LogP contribution is 2.32. The molecule has 29 heavy (non-hydrogen) atoms. The first kappa shape index (κ1) is 19.8. The fourth-order valence-electron chi connectivity index (χ4n) is 2.97. The molecule has 1 aromatic rings. The van der Waals surface area contributed by atoms with Gasteiger partial charge in [-0.05, 0) is 34.4 Å². The number of hydrogen-bond donors (Lipinski definition) is 1. The SMILES string of the molecule is NC(=O)C1=CC=CC=CC=C2C=Cc3cccc(c32)C=CC=CC=CC=CC=C1. The molecule has 0 heterocycles. The van der Waals surface area contributed by atoms with Gasteiger partial charge in [0.2, 0.25) is 5.91 Å². The minimum atomic E-state index is -0.460. The maximum absolute atomic E-state index is 11.5. The summed E-state index contributed by atoms with van der Waals surface area (Å²) >= 11 is 0. The van der Waals surface area contributed by atoms with Crippen molar-refractivity contribution in [2.75, 3.05) is 0 Å². The van der Waals surface area contributed by atoms with Crippen molar-refractivity contribution in [1.82, 2.24) is 0 Å². The lowest BCUT2D eigenvalue weighted by Gasteiger charge is -2.05. The molecule has 0 aromatic heterocycles. The third-order valence-corrected chi connectivity index (χ3v) is 4.36. The van der Waals surface area contributed by atoms with Crippen molar-refractivity contribution in [3.63, 3.8) is 0 Å². The molecular formula is C27H23NO. The Labute approximate surface area is 172 Å². The molecule has 0 atom stereocenters. The zero-order valence-corrected chi connectivity index (χ0v) is 16.1. The second-order valence-electron chi connectivity index (χ2n) is 6.40. The Bertz CT molecular complexity index is 1060. The summed E-state index contributed by atoms with van der Waals surface area (Å²) in [5.41, 5.74) is 10.7. The Kier molecular flexibility index (Phi) is 7.14. The van der Waals surface area contributed by atoms with Crippen LogP contribution in [-0.4, -0.2) is 5.91 Å². The summed E-state index contributed by atoms with van der Waals surface area (Å²) in [4.78, 5) is 11.5. The smallest absolute Gasteiger partial charge is 0.248 e. The largest absolute Gasteiger partial charge is 0.366 e. The molecule has 2 heteroatoms. The molecule has 0 spiro atoms. The van der Waals surface area contributed by atoms with Gasteiger partial charge in [0, 0.05) is 5.57 Å². The van der Waals surface area contributed by atoms with Crippen molar-refractivity contribution < 1.29 is 4.79 Å². The van der Waals surface area contributed by atoms with Gasteiger partial charge in [-0.2, -0.15) is 0 Å². The molecule has 0 aliphatic heterocycles. The normalized spacial score (nSPS) is 15.9. The van der Waals surface area contributed by atoms with Crippen molar-refractivity contribution in [3.8, 4) is 0 Å². The standard InChI is InChI=1S/C27H23NO/c28-27(29)25-16-11-6-4-2-1-3-5-9-14-22-18-13-19-24-21-20-23(26(22)24)15-10-7-8-12-17-25/h1-21H,(H2,28,29). The van der Waals surface area contributed by atoms with E-state index in [4.69, 9.17) is 5.73 Å². The van der Waals surface area contributed by atoms with Gasteiger partial charge in [0.15, 0.2) is 0 Å². The van der Waals surface area contributed by atoms with Gasteiger partial charge in [-0.15, -0.1) is 0 Å². The Morgan fingerprint density at radius 3 is 1.83 bits per heavy atom. The van der Waals surface area contributed by atoms with Gasteiger partial charge in [0.1, 0.15) is 0 Å². The minimum absolute atomic E-state index is 0.443. The summed E-state index contributed by atoms with van der Waals surface area (Å²) in [6.45, 7) is 0. The molecule has 1 amide bonds. The Hall–Kier alpha value is -3.91. The van der Waals surface area contributed by atoms with Crippen molar-refractivity contribution >= 4 is 23.6 Å². The Morgan fingerprint density at radius 2 is 1.14 bits per heavy atom. The molecule has 2 N–H and O–H groups in total. The van der Waals surface area contributed by atoms with E-state index in [2.05, 4.69) is 42.5 Å². The average Bonchev–Trinajstić information content (AvgIpc) is 3.13. The fraction of sp³-hybridized carbons (Fsp3) is 0. The number of amides is 1. The van der Waals surface area contributed by atoms with E-state index in [9.17, 15) is 4.79 Å². The minimum Gasteiger partial charge on any atom is -0.366 e. The van der Waals surface area contributed by atoms with Crippen LogP contribution in [0.25, 0.3) is 17.7 Å². The van der Waals surface area contributed by atoms with E-state index in [1.807, 2.05) is 60.8 Å². The predicted molar refractivity (Wildman–Crippen MR) is 125 cm³/mol. The van der Waals surface area contributed by atoms with Crippen molar-refractivity contribution in [3.05, 3.63) is 138 Å². The third-order valence-electron chi connectivity index (χ3n) is 4.36. The second kappa shape index (κ2) is 10.4. The van der Waals surface area contributed by atoms with Crippen LogP contribution >= 0.6 is 0 Å². The quantitative estimate of drug-likeness (QED) is 0.653. The van der Waals surface area contributed by atoms with Crippen LogP contribution in [-0.2, 0) is 4.79 Å². The first-order valence-electron chi connectivity index (χ1n) is 9.47. The lowest BCUT2D eigenvalue weighted by atomic mass is 9.98. The fourth-order valence-corrected chi connectivity index (χ4v) is 2.97. The number of primary amides is 1. The highest BCUT2D eigenvalue weighted by atomic mass is 16.1. The number of benzene rings is 1. The van der Waals surface area contributed by atoms with E-state index >= 15 is 0 Å². The molecule has 1 aromatic carbocycles. The molecule has 0 unspecified atom stereocenters. The zero-order chi connectivity index (χ0) is 20.3. The lowest BCUT2D eigenvalue weighted by Crippen LogP contribution is -2.12. The van der Waals surface area contributed by atoms with Crippen LogP contribution in [0.3, 0.4) is 0 Å². The Balaban J connectivity index is 1.95. The van der Waals surface area contributed by atoms with Crippen molar-refractivity contribution in [2.24, 2.45) is 5.73 Å². The summed E-state index contributed by atoms with van der Waals surface area (Å²) in [6, 6.07) is 6.33. The van der Waals surface area contributed by atoms with E-state index in [0.717, 1.165) is 0 Å². The molecule has 2 aliphatic carbocycles. The van der Waals surface area contributed by atoms with Gasteiger partial charge in [0.05, 0.1) is 0 Å². The van der Waals surface area contributed by atoms with Gasteiger partial charge in [-0.25, -0.2) is 0 Å². The molecule has 2 nitrogen and oxygen atoms in total. The lowest BCUT2D eigenvalue weighted by molar-refractivity contribution is -0.114. The van der Waals surface area contributed by atoms with E-state index in [1.54, 1.807) is 24.3 Å². The molecule has 0 saturated heterocycles. The monoisotopic (exact) mass is 377 g/mol. The summed E-state index contributed by atoms with van der Waals surface area (Å²) in [7, 11) is 0. The summed E-state index contributed by atoms with van der Waals surface area (Å²) in [6.07, 6.45) is 34.9. The van der Waals surface area contributed by atoms with Crippen LogP contribution in [0.5, 0.6) is 0 Å². The van der Waals surface area contributed by atoms with Gasteiger partial charge in [-0.3, -0.25) is 4.79 Å². The van der Waals surface area contributed by atoms with Crippen molar-refractivity contribution in [2.45, 2.75) is 0 Å². The molecule has 3 rings (SSSR count). The van der Waals surface area contributed by atoms with Crippen LogP contribution in [0, 0.1) is 0 Å². The molecular weight excluding hydrogens is 354 g/mol. The number of hydrogen-bond acceptors (Lipinski definition) is 1. The highest BCUT2D eigenvalue weighted by molar-refractivity contribution is 5.95. The van der Waals surface area contributed by atoms with Crippen LogP contribution in [0.15, 0.2) is 121 Å². The average molecular weight is 377 g/mol. The van der Waals surface area contributed by atoms with Gasteiger partial charge in [0.25, 0.3) is 0 Å². The number of allylic oxidation sites excluding steroid dienone is 16. The molecule has 2 aliphatic rings. The van der Waals surface area contributed by atoms with Gasteiger partial charge in [-0.1, -0.05) is 115 Å². The van der Waals surface area contributed by atoms with Crippen LogP contribution < -0.4 is 5.73 Å². The topological polar surface area (TPSA) is 43.1 Å². The highest BCUT2D eigenvalue weighted by Gasteiger charge is 2.12. The van der Waals surface area contributed by atoms with E-state index in [0.29, 0.717) is 5.57 Å². The molecule has 0 fully saturated rings. The summed E-state index contributed by atoms with van der Waals surface area (Å²) < 4.78 is 0. The van der Waals surface area contributed by atoms with E-state index in [1.165, 1.54) is 22.3 Å². The van der Waals surface area contributed by atoms with Gasteiger partial charge < -0.3 is 5.73 Å². The van der Waals surface area contributed by atoms with Crippen LogP contribution in [0.4, 0.5) is 0 Å². The first-order chi connectivity index (χ1) is 14.3. The molecule has 142 valence electrons. The maximum atomic E-state index is 11.5. The molecule has 0 radical (unpaired) electrons. The van der Waals surface area contributed by atoms with E-state index < -0.39 is 5.91 Å². The van der Waals surface area contributed by atoms with Gasteiger partial charge >= 0.3 is 0 Å². The van der Waals surface area contributed by atoms with Crippen LogP contribution in [0.1, 0.15) is 16.7 Å². The van der Waals surface area contributed by atoms with E-state index in [-0.39, 0.29) is 0 Å². The molecule has 0 bridgehead atoms. The number of carbonyl (C=O) groups is 1. The predicted octanol–water partition coefficient (Wildman–Crippen LogP) is 5.87. The number of carbonyl (C=O) groups excluding carboxylic acids is 1. The van der Waals surface area contributed by atoms with Crippen LogP contribution in [0.2, 0.25) is 0 Å². The van der Waals surface area contributed by atoms with Crippen molar-refractivity contribution in [1.29, 1.82) is 0 Å². The summed E-state index contributed by atoms with van der Waals surface area (Å²) in [5, 5.41) is 0. The molecule has 0 saturated carbocycles. The maximum Gasteiger partial charge on any atom is 0.248 e.